The first-order chi connectivity index (χ1) is 12.0. The van der Waals surface area contributed by atoms with Gasteiger partial charge in [-0.05, 0) is 44.2 Å². The van der Waals surface area contributed by atoms with Crippen LogP contribution in [0.2, 0.25) is 5.02 Å². The summed E-state index contributed by atoms with van der Waals surface area (Å²) in [6.45, 7) is 1.98. The Balaban J connectivity index is 1.85. The van der Waals surface area contributed by atoms with Crippen molar-refractivity contribution in [2.45, 2.75) is 38.7 Å². The van der Waals surface area contributed by atoms with Gasteiger partial charge in [-0.15, -0.1) is 0 Å². The van der Waals surface area contributed by atoms with Crippen LogP contribution in [0.3, 0.4) is 0 Å². The van der Waals surface area contributed by atoms with Gasteiger partial charge in [0.25, 0.3) is 5.91 Å². The Morgan fingerprint density at radius 1 is 1.40 bits per heavy atom. The molecule has 1 aliphatic rings. The molecule has 0 saturated carbocycles. The van der Waals surface area contributed by atoms with Crippen LogP contribution in [0.25, 0.3) is 11.0 Å². The lowest BCUT2D eigenvalue weighted by Crippen LogP contribution is -2.37. The van der Waals surface area contributed by atoms with E-state index < -0.39 is 6.10 Å². The van der Waals surface area contributed by atoms with Gasteiger partial charge in [0, 0.05) is 30.2 Å². The number of hydrogen-bond acceptors (Lipinski definition) is 5. The molecule has 2 aromatic rings. The number of fused-ring (bicyclic) bond motifs is 3. The van der Waals surface area contributed by atoms with E-state index in [9.17, 15) is 9.59 Å². The van der Waals surface area contributed by atoms with Crippen LogP contribution < -0.4 is 15.7 Å². The lowest BCUT2D eigenvalue weighted by Gasteiger charge is -2.16. The first-order valence-corrected chi connectivity index (χ1v) is 8.72. The smallest absolute Gasteiger partial charge is 0.339 e. The van der Waals surface area contributed by atoms with Gasteiger partial charge in [0.1, 0.15) is 11.3 Å². The first kappa shape index (κ1) is 17.8. The predicted molar refractivity (Wildman–Crippen MR) is 94.3 cm³/mol. The molecule has 1 heterocycles. The number of aliphatic hydroxyl groups is 1. The fourth-order valence-electron chi connectivity index (χ4n) is 3.05. The number of benzene rings is 1. The average Bonchev–Trinajstić information content (AvgIpc) is 3.07. The number of amides is 1. The van der Waals surface area contributed by atoms with Crippen LogP contribution in [0, 0.1) is 0 Å². The molecule has 1 atom stereocenters. The normalized spacial score (nSPS) is 14.4. The number of rotatable bonds is 6. The first-order valence-electron chi connectivity index (χ1n) is 8.34. The summed E-state index contributed by atoms with van der Waals surface area (Å²) in [5, 5.41) is 12.6. The number of nitrogens with one attached hydrogen (secondary N) is 1. The van der Waals surface area contributed by atoms with Crippen LogP contribution in [0.5, 0.6) is 5.75 Å². The number of carbonyl (C=O) groups excluding carboxylic acids is 1. The highest BCUT2D eigenvalue weighted by molar-refractivity contribution is 6.32. The van der Waals surface area contributed by atoms with Gasteiger partial charge in [-0.1, -0.05) is 11.6 Å². The van der Waals surface area contributed by atoms with Crippen LogP contribution in [-0.2, 0) is 17.6 Å². The van der Waals surface area contributed by atoms with Crippen molar-refractivity contribution < 1.29 is 19.1 Å². The number of hydrogen-bond donors (Lipinski definition) is 2. The zero-order valence-corrected chi connectivity index (χ0v) is 14.7. The number of aliphatic hydroxyl groups excluding tert-OH is 1. The van der Waals surface area contributed by atoms with Gasteiger partial charge in [-0.25, -0.2) is 4.79 Å². The summed E-state index contributed by atoms with van der Waals surface area (Å²) in [6, 6.07) is 3.30. The van der Waals surface area contributed by atoms with Crippen LogP contribution in [-0.4, -0.2) is 30.3 Å². The van der Waals surface area contributed by atoms with Gasteiger partial charge in [0.2, 0.25) is 0 Å². The topological polar surface area (TPSA) is 88.8 Å². The zero-order chi connectivity index (χ0) is 18.0. The molecule has 1 aliphatic carbocycles. The Kier molecular flexibility index (Phi) is 5.30. The molecule has 1 aromatic heterocycles. The Bertz CT molecular complexity index is 861. The molecule has 0 radical (unpaired) electrons. The van der Waals surface area contributed by atoms with Gasteiger partial charge in [-0.3, -0.25) is 4.79 Å². The van der Waals surface area contributed by atoms with Gasteiger partial charge >= 0.3 is 5.63 Å². The summed E-state index contributed by atoms with van der Waals surface area (Å²) >= 11 is 6.31. The van der Waals surface area contributed by atoms with Crippen molar-refractivity contribution in [2.75, 3.05) is 13.2 Å². The molecular formula is C18H20ClNO5. The maximum atomic E-state index is 12.1. The van der Waals surface area contributed by atoms with Crippen molar-refractivity contribution in [3.05, 3.63) is 38.7 Å². The molecule has 2 N–H and O–H groups in total. The molecule has 0 bridgehead atoms. The molecule has 0 spiro atoms. The molecule has 0 fully saturated rings. The van der Waals surface area contributed by atoms with E-state index in [-0.39, 0.29) is 18.1 Å². The van der Waals surface area contributed by atoms with Crippen molar-refractivity contribution in [3.63, 3.8) is 0 Å². The van der Waals surface area contributed by atoms with E-state index in [1.54, 1.807) is 19.1 Å². The Labute approximate surface area is 149 Å². The third-order valence-corrected chi connectivity index (χ3v) is 4.63. The summed E-state index contributed by atoms with van der Waals surface area (Å²) in [6.07, 6.45) is 2.20. The summed E-state index contributed by atoms with van der Waals surface area (Å²) in [5.41, 5.74) is 1.82. The molecule has 1 aromatic carbocycles. The minimum atomic E-state index is -0.769. The van der Waals surface area contributed by atoms with Crippen molar-refractivity contribution in [1.29, 1.82) is 0 Å². The Hall–Kier alpha value is -2.05. The maximum absolute atomic E-state index is 12.1. The number of aryl methyl sites for hydroxylation is 1. The molecule has 0 saturated heterocycles. The van der Waals surface area contributed by atoms with Gasteiger partial charge < -0.3 is 19.6 Å². The van der Waals surface area contributed by atoms with E-state index in [1.165, 1.54) is 0 Å². The third-order valence-electron chi connectivity index (χ3n) is 4.33. The molecule has 3 rings (SSSR count). The molecule has 1 unspecified atom stereocenters. The third kappa shape index (κ3) is 3.65. The lowest BCUT2D eigenvalue weighted by atomic mass is 10.1. The van der Waals surface area contributed by atoms with E-state index in [2.05, 4.69) is 5.32 Å². The van der Waals surface area contributed by atoms with Crippen molar-refractivity contribution in [3.8, 4) is 5.75 Å². The maximum Gasteiger partial charge on any atom is 0.339 e. The lowest BCUT2D eigenvalue weighted by molar-refractivity contribution is -0.127. The number of carbonyl (C=O) groups is 1. The summed E-state index contributed by atoms with van der Waals surface area (Å²) in [4.78, 5) is 24.0. The largest absolute Gasteiger partial charge is 0.479 e. The summed E-state index contributed by atoms with van der Waals surface area (Å²) in [5.74, 6) is -0.0138. The van der Waals surface area contributed by atoms with Crippen LogP contribution in [0.1, 0.15) is 30.9 Å². The van der Waals surface area contributed by atoms with Crippen LogP contribution in [0.4, 0.5) is 0 Å². The van der Waals surface area contributed by atoms with E-state index in [0.29, 0.717) is 29.3 Å². The highest BCUT2D eigenvalue weighted by atomic mass is 35.5. The second-order valence-corrected chi connectivity index (χ2v) is 6.51. The van der Waals surface area contributed by atoms with Gasteiger partial charge in [0.15, 0.2) is 6.10 Å². The highest BCUT2D eigenvalue weighted by Crippen LogP contribution is 2.35. The van der Waals surface area contributed by atoms with Gasteiger partial charge in [0.05, 0.1) is 5.02 Å². The molecule has 0 aliphatic heterocycles. The average molecular weight is 366 g/mol. The van der Waals surface area contributed by atoms with Crippen molar-refractivity contribution in [1.82, 2.24) is 5.32 Å². The standard InChI is InChI=1S/C18H20ClNO5/c1-10(17(22)20-6-3-7-21)24-16-9-15-13(8-14(16)19)11-4-2-5-12(11)18(23)25-15/h8-10,21H,2-7H2,1H3,(H,20,22). The fourth-order valence-corrected chi connectivity index (χ4v) is 3.26. The molecule has 1 amide bonds. The second kappa shape index (κ2) is 7.45. The van der Waals surface area contributed by atoms with E-state index in [0.717, 1.165) is 35.8 Å². The number of halogens is 1. The van der Waals surface area contributed by atoms with E-state index in [4.69, 9.17) is 25.9 Å². The minimum absolute atomic E-state index is 0.00930. The highest BCUT2D eigenvalue weighted by Gasteiger charge is 2.22. The Morgan fingerprint density at radius 3 is 2.92 bits per heavy atom. The second-order valence-electron chi connectivity index (χ2n) is 6.11. The molecule has 25 heavy (non-hydrogen) atoms. The van der Waals surface area contributed by atoms with E-state index >= 15 is 0 Å². The molecule has 7 heteroatoms. The predicted octanol–water partition coefficient (Wildman–Crippen LogP) is 2.20. The van der Waals surface area contributed by atoms with E-state index in [1.807, 2.05) is 0 Å². The molecule has 6 nitrogen and oxygen atoms in total. The monoisotopic (exact) mass is 365 g/mol. The van der Waals surface area contributed by atoms with Gasteiger partial charge in [-0.2, -0.15) is 0 Å². The zero-order valence-electron chi connectivity index (χ0n) is 13.9. The molecular weight excluding hydrogens is 346 g/mol. The van der Waals surface area contributed by atoms with Crippen molar-refractivity contribution >= 4 is 28.5 Å². The SMILES string of the molecule is CC(Oc1cc2oc(=O)c3c(c2cc1Cl)CCC3)C(=O)NCCCO. The fraction of sp³-hybridized carbons (Fsp3) is 0.444. The quantitative estimate of drug-likeness (QED) is 0.605. The van der Waals surface area contributed by atoms with Crippen LogP contribution in [0.15, 0.2) is 21.3 Å². The summed E-state index contributed by atoms with van der Waals surface area (Å²) in [7, 11) is 0. The Morgan fingerprint density at radius 2 is 2.16 bits per heavy atom. The number of ether oxygens (including phenoxy) is 1. The summed E-state index contributed by atoms with van der Waals surface area (Å²) < 4.78 is 11.0. The minimum Gasteiger partial charge on any atom is -0.479 e. The van der Waals surface area contributed by atoms with Crippen LogP contribution >= 0.6 is 11.6 Å². The molecule has 134 valence electrons. The van der Waals surface area contributed by atoms with Crippen molar-refractivity contribution in [2.24, 2.45) is 0 Å².